The Morgan fingerprint density at radius 1 is 1.10 bits per heavy atom. The molecule has 0 radical (unpaired) electrons. The summed E-state index contributed by atoms with van der Waals surface area (Å²) in [7, 11) is 0. The van der Waals surface area contributed by atoms with Crippen molar-refractivity contribution in [3.63, 3.8) is 0 Å². The number of aliphatic imine (C=N–C) groups is 2. The van der Waals surface area contributed by atoms with Gasteiger partial charge in [0.15, 0.2) is 0 Å². The highest BCUT2D eigenvalue weighted by atomic mass is 16.6. The number of anilines is 2. The minimum Gasteiger partial charge on any atom is -0.488 e. The predicted molar refractivity (Wildman–Crippen MR) is 157 cm³/mol. The third-order valence-corrected chi connectivity index (χ3v) is 5.23. The number of nitrogens with zero attached hydrogens (tertiary/aromatic N) is 3. The number of carbonyl (C=O) groups excluding carboxylic acids is 2. The third kappa shape index (κ3) is 8.91. The molecule has 11 heteroatoms. The number of hydrogen-bond acceptors (Lipinski definition) is 8. The molecular weight excluding hydrogens is 512 g/mol. The van der Waals surface area contributed by atoms with E-state index in [2.05, 4.69) is 37.6 Å². The highest BCUT2D eigenvalue weighted by Crippen LogP contribution is 2.32. The van der Waals surface area contributed by atoms with Crippen molar-refractivity contribution in [2.75, 3.05) is 23.8 Å². The number of amides is 2. The van der Waals surface area contributed by atoms with Gasteiger partial charge >= 0.3 is 6.09 Å². The summed E-state index contributed by atoms with van der Waals surface area (Å²) in [6, 6.07) is 14.9. The van der Waals surface area contributed by atoms with E-state index >= 15 is 0 Å². The molecule has 0 aliphatic heterocycles. The number of fused-ring (bicyclic) bond motifs is 1. The van der Waals surface area contributed by atoms with Gasteiger partial charge in [0.05, 0.1) is 18.5 Å². The first-order valence-electron chi connectivity index (χ1n) is 12.6. The molecular formula is C29H34N6O5. The van der Waals surface area contributed by atoms with E-state index in [4.69, 9.17) is 14.6 Å². The fraction of sp³-hybridized carbons (Fsp3) is 0.276. The van der Waals surface area contributed by atoms with Crippen LogP contribution in [-0.2, 0) is 16.1 Å². The number of aromatic nitrogens is 1. The Bertz CT molecular complexity index is 1430. The van der Waals surface area contributed by atoms with E-state index in [1.165, 1.54) is 6.20 Å². The maximum Gasteiger partial charge on any atom is 0.412 e. The number of hydrogen-bond donors (Lipinski definition) is 4. The fourth-order valence-electron chi connectivity index (χ4n) is 3.52. The molecule has 0 atom stereocenters. The maximum absolute atomic E-state index is 12.3. The van der Waals surface area contributed by atoms with Crippen LogP contribution >= 0.6 is 0 Å². The number of rotatable bonds is 10. The molecule has 0 saturated heterocycles. The first kappa shape index (κ1) is 29.8. The Kier molecular flexibility index (Phi) is 10.3. The summed E-state index contributed by atoms with van der Waals surface area (Å²) >= 11 is 0. The van der Waals surface area contributed by atoms with Gasteiger partial charge in [-0.25, -0.2) is 14.8 Å². The lowest BCUT2D eigenvalue weighted by Gasteiger charge is -2.20. The average Bonchev–Trinajstić information content (AvgIpc) is 2.91. The first-order chi connectivity index (χ1) is 19.1. The zero-order chi connectivity index (χ0) is 29.1. The monoisotopic (exact) mass is 546 g/mol. The van der Waals surface area contributed by atoms with Crippen molar-refractivity contribution in [2.24, 2.45) is 9.98 Å². The van der Waals surface area contributed by atoms with Crippen LogP contribution in [0.3, 0.4) is 0 Å². The molecule has 2 aromatic carbocycles. The summed E-state index contributed by atoms with van der Waals surface area (Å²) in [5.41, 5.74) is 0.893. The lowest BCUT2D eigenvalue weighted by atomic mass is 10.1. The van der Waals surface area contributed by atoms with Crippen LogP contribution in [0.1, 0.15) is 33.3 Å². The molecule has 11 nitrogen and oxygen atoms in total. The van der Waals surface area contributed by atoms with Crippen LogP contribution in [0.5, 0.6) is 5.75 Å². The summed E-state index contributed by atoms with van der Waals surface area (Å²) in [5.74, 6) is 1.18. The van der Waals surface area contributed by atoms with Crippen molar-refractivity contribution in [1.29, 1.82) is 0 Å². The number of aliphatic hydroxyl groups is 1. The van der Waals surface area contributed by atoms with Crippen LogP contribution in [0.2, 0.25) is 0 Å². The summed E-state index contributed by atoms with van der Waals surface area (Å²) in [6.45, 7) is 10.7. The second kappa shape index (κ2) is 13.9. The van der Waals surface area contributed by atoms with Crippen molar-refractivity contribution in [1.82, 2.24) is 10.3 Å². The number of nitrogens with one attached hydrogen (secondary N) is 3. The zero-order valence-corrected chi connectivity index (χ0v) is 23.0. The normalized spacial score (nSPS) is 12.0. The largest absolute Gasteiger partial charge is 0.488 e. The van der Waals surface area contributed by atoms with E-state index in [1.54, 1.807) is 25.3 Å². The van der Waals surface area contributed by atoms with Crippen LogP contribution in [0.4, 0.5) is 16.3 Å². The van der Waals surface area contributed by atoms with Gasteiger partial charge in [-0.1, -0.05) is 24.3 Å². The van der Waals surface area contributed by atoms with Crippen molar-refractivity contribution in [3.8, 4) is 5.75 Å². The summed E-state index contributed by atoms with van der Waals surface area (Å²) in [5, 5.41) is 18.9. The van der Waals surface area contributed by atoms with Gasteiger partial charge in [-0.15, -0.1) is 0 Å². The van der Waals surface area contributed by atoms with Crippen molar-refractivity contribution in [3.05, 3.63) is 72.2 Å². The average molecular weight is 547 g/mol. The van der Waals surface area contributed by atoms with Crippen molar-refractivity contribution < 1.29 is 24.2 Å². The van der Waals surface area contributed by atoms with E-state index in [0.717, 1.165) is 16.3 Å². The number of ether oxygens (including phenoxy) is 2. The molecule has 210 valence electrons. The lowest BCUT2D eigenvalue weighted by Crippen LogP contribution is -2.27. The molecule has 40 heavy (non-hydrogen) atoms. The highest BCUT2D eigenvalue weighted by Gasteiger charge is 2.17. The fourth-order valence-corrected chi connectivity index (χ4v) is 3.52. The van der Waals surface area contributed by atoms with Crippen LogP contribution in [-0.4, -0.2) is 53.4 Å². The van der Waals surface area contributed by atoms with Gasteiger partial charge in [-0.2, -0.15) is 0 Å². The van der Waals surface area contributed by atoms with Gasteiger partial charge in [-0.05, 0) is 64.2 Å². The molecule has 0 unspecified atom stereocenters. The van der Waals surface area contributed by atoms with E-state index in [9.17, 15) is 9.59 Å². The van der Waals surface area contributed by atoms with Crippen molar-refractivity contribution >= 4 is 46.8 Å². The van der Waals surface area contributed by atoms with Gasteiger partial charge in [-0.3, -0.25) is 15.1 Å². The molecule has 3 aromatic rings. The Labute approximate surface area is 233 Å². The number of carbonyl (C=O) groups is 2. The highest BCUT2D eigenvalue weighted by molar-refractivity contribution is 6.02. The van der Waals surface area contributed by atoms with Crippen LogP contribution < -0.4 is 20.7 Å². The lowest BCUT2D eigenvalue weighted by molar-refractivity contribution is -0.117. The van der Waals surface area contributed by atoms with Crippen LogP contribution in [0.15, 0.2) is 76.6 Å². The Balaban J connectivity index is 1.70. The molecule has 0 bridgehead atoms. The predicted octanol–water partition coefficient (Wildman–Crippen LogP) is 4.64. The second-order valence-electron chi connectivity index (χ2n) is 9.61. The second-order valence-corrected chi connectivity index (χ2v) is 9.61. The van der Waals surface area contributed by atoms with Crippen LogP contribution in [0.25, 0.3) is 10.8 Å². The van der Waals surface area contributed by atoms with Gasteiger partial charge in [0.25, 0.3) is 5.91 Å². The smallest absolute Gasteiger partial charge is 0.412 e. The molecule has 0 spiro atoms. The van der Waals surface area contributed by atoms with Crippen LogP contribution in [0, 0.1) is 0 Å². The minimum atomic E-state index is -0.606. The Morgan fingerprint density at radius 3 is 2.55 bits per heavy atom. The van der Waals surface area contributed by atoms with Gasteiger partial charge < -0.3 is 25.2 Å². The topological polar surface area (TPSA) is 147 Å². The summed E-state index contributed by atoms with van der Waals surface area (Å²) in [6.07, 6.45) is 2.40. The van der Waals surface area contributed by atoms with Gasteiger partial charge in [0.2, 0.25) is 0 Å². The summed E-state index contributed by atoms with van der Waals surface area (Å²) < 4.78 is 11.5. The molecule has 0 aliphatic rings. The number of amidine groups is 1. The third-order valence-electron chi connectivity index (χ3n) is 5.23. The van der Waals surface area contributed by atoms with Crippen molar-refractivity contribution in [2.45, 2.75) is 39.9 Å². The Morgan fingerprint density at radius 2 is 1.85 bits per heavy atom. The molecule has 0 saturated carbocycles. The molecule has 0 fully saturated rings. The maximum atomic E-state index is 12.3. The first-order valence-corrected chi connectivity index (χ1v) is 12.6. The summed E-state index contributed by atoms with van der Waals surface area (Å²) in [4.78, 5) is 36.5. The number of aliphatic hydroxyl groups excluding tert-OH is 1. The van der Waals surface area contributed by atoms with Gasteiger partial charge in [0.1, 0.15) is 35.3 Å². The molecule has 2 amide bonds. The number of pyridine rings is 1. The van der Waals surface area contributed by atoms with Gasteiger partial charge in [0, 0.05) is 23.5 Å². The SMILES string of the molecule is C=N/C(=C\N=C(/C)Nc1cc(COc2ccc(NC(=O)OC(C)(C)C)c3ccccc23)ccn1)C(=O)NCCO. The van der Waals surface area contributed by atoms with E-state index in [1.807, 2.05) is 57.2 Å². The molecule has 1 aromatic heterocycles. The molecule has 0 aliphatic carbocycles. The molecule has 3 rings (SSSR count). The van der Waals surface area contributed by atoms with E-state index < -0.39 is 17.6 Å². The van der Waals surface area contributed by atoms with E-state index in [0.29, 0.717) is 23.1 Å². The van der Waals surface area contributed by atoms with E-state index in [-0.39, 0.29) is 25.5 Å². The quantitative estimate of drug-likeness (QED) is 0.165. The molecule has 4 N–H and O–H groups in total. The molecule has 1 heterocycles. The zero-order valence-electron chi connectivity index (χ0n) is 23.0. The Hall–Kier alpha value is -4.77. The number of benzene rings is 2. The standard InChI is InChI=1S/C29H34N6O5/c1-19(33-17-24(30-5)27(37)32-14-15-36)34-26-16-20(12-13-31-26)18-39-25-11-10-23(21-8-6-7-9-22(21)25)35-28(38)40-29(2,3)4/h6-13,16-17,36H,5,14-15,18H2,1-4H3,(H,32,37)(H,35,38)(H,31,33,34)/b24-17-. The minimum absolute atomic E-state index is 0.0178.